The molecule has 0 spiro atoms. The Balaban J connectivity index is 1.93. The summed E-state index contributed by atoms with van der Waals surface area (Å²) in [5.41, 5.74) is 9.39. The van der Waals surface area contributed by atoms with Gasteiger partial charge in [-0.1, -0.05) is 12.1 Å². The molecular weight excluding hydrogens is 236 g/mol. The molecule has 1 aromatic carbocycles. The maximum atomic E-state index is 5.67. The van der Waals surface area contributed by atoms with Gasteiger partial charge in [0, 0.05) is 41.6 Å². The molecule has 0 atom stereocenters. The Kier molecular flexibility index (Phi) is 2.90. The molecule has 0 saturated heterocycles. The van der Waals surface area contributed by atoms with E-state index in [1.165, 1.54) is 0 Å². The first-order chi connectivity index (χ1) is 9.33. The first-order valence-corrected chi connectivity index (χ1v) is 5.91. The molecule has 0 bridgehead atoms. The zero-order valence-electron chi connectivity index (χ0n) is 10.2. The van der Waals surface area contributed by atoms with Crippen LogP contribution in [0.1, 0.15) is 0 Å². The van der Waals surface area contributed by atoms with Gasteiger partial charge in [-0.15, -0.1) is 0 Å². The quantitative estimate of drug-likeness (QED) is 0.708. The average molecular weight is 248 g/mol. The van der Waals surface area contributed by atoms with E-state index in [0.29, 0.717) is 5.82 Å². The molecule has 19 heavy (non-hydrogen) atoms. The van der Waals surface area contributed by atoms with Crippen LogP contribution in [0.2, 0.25) is 0 Å². The predicted molar refractivity (Wildman–Crippen MR) is 75.1 cm³/mol. The summed E-state index contributed by atoms with van der Waals surface area (Å²) in [5, 5.41) is 0. The smallest absolute Gasteiger partial charge is 0.159 e. The van der Waals surface area contributed by atoms with E-state index in [0.717, 1.165) is 22.4 Å². The zero-order chi connectivity index (χ0) is 13.1. The fraction of sp³-hybridized carbons (Fsp3) is 0. The largest absolute Gasteiger partial charge is 0.399 e. The van der Waals surface area contributed by atoms with Gasteiger partial charge < -0.3 is 5.73 Å². The summed E-state index contributed by atoms with van der Waals surface area (Å²) in [6.45, 7) is 0. The van der Waals surface area contributed by atoms with Gasteiger partial charge in [0.1, 0.15) is 0 Å². The lowest BCUT2D eigenvalue weighted by atomic mass is 10.1. The average Bonchev–Trinajstić information content (AvgIpc) is 2.49. The van der Waals surface area contributed by atoms with Crippen molar-refractivity contribution in [1.29, 1.82) is 0 Å². The third-order valence-corrected chi connectivity index (χ3v) is 2.83. The number of anilines is 1. The Morgan fingerprint density at radius 1 is 0.684 bits per heavy atom. The Hall–Kier alpha value is -2.75. The molecule has 0 aliphatic carbocycles. The van der Waals surface area contributed by atoms with Crippen molar-refractivity contribution < 1.29 is 0 Å². The molecule has 0 aliphatic heterocycles. The van der Waals surface area contributed by atoms with Crippen LogP contribution >= 0.6 is 0 Å². The molecular formula is C15H12N4. The second-order valence-electron chi connectivity index (χ2n) is 4.15. The summed E-state index contributed by atoms with van der Waals surface area (Å²) in [4.78, 5) is 12.7. The summed E-state index contributed by atoms with van der Waals surface area (Å²) in [6, 6.07) is 11.4. The standard InChI is InChI=1S/C15H12N4/c16-14-3-1-11(2-4-14)13-9-18-15(19-10-13)12-5-7-17-8-6-12/h1-10H,16H2. The number of nitrogens with zero attached hydrogens (tertiary/aromatic N) is 3. The van der Waals surface area contributed by atoms with Gasteiger partial charge in [0.15, 0.2) is 5.82 Å². The van der Waals surface area contributed by atoms with E-state index in [9.17, 15) is 0 Å². The maximum Gasteiger partial charge on any atom is 0.159 e. The topological polar surface area (TPSA) is 64.7 Å². The molecule has 92 valence electrons. The molecule has 3 aromatic rings. The number of rotatable bonds is 2. The van der Waals surface area contributed by atoms with Gasteiger partial charge in [-0.05, 0) is 29.8 Å². The summed E-state index contributed by atoms with van der Waals surface area (Å²) in [6.07, 6.45) is 7.09. The fourth-order valence-corrected chi connectivity index (χ4v) is 1.80. The Morgan fingerprint density at radius 2 is 1.32 bits per heavy atom. The molecule has 0 unspecified atom stereocenters. The second-order valence-corrected chi connectivity index (χ2v) is 4.15. The molecule has 0 fully saturated rings. The van der Waals surface area contributed by atoms with Crippen LogP contribution in [-0.2, 0) is 0 Å². The molecule has 2 heterocycles. The van der Waals surface area contributed by atoms with Crippen molar-refractivity contribution in [2.24, 2.45) is 0 Å². The number of pyridine rings is 1. The Bertz CT molecular complexity index is 661. The number of nitrogens with two attached hydrogens (primary N) is 1. The third kappa shape index (κ3) is 2.42. The van der Waals surface area contributed by atoms with Crippen molar-refractivity contribution >= 4 is 5.69 Å². The normalized spacial score (nSPS) is 10.3. The molecule has 0 amide bonds. The van der Waals surface area contributed by atoms with Crippen LogP contribution in [0.5, 0.6) is 0 Å². The summed E-state index contributed by atoms with van der Waals surface area (Å²) in [5.74, 6) is 0.696. The lowest BCUT2D eigenvalue weighted by Crippen LogP contribution is -1.90. The lowest BCUT2D eigenvalue weighted by Gasteiger charge is -2.03. The molecule has 4 nitrogen and oxygen atoms in total. The fourth-order valence-electron chi connectivity index (χ4n) is 1.80. The van der Waals surface area contributed by atoms with Crippen LogP contribution in [0.25, 0.3) is 22.5 Å². The van der Waals surface area contributed by atoms with Crippen LogP contribution in [-0.4, -0.2) is 15.0 Å². The first-order valence-electron chi connectivity index (χ1n) is 5.91. The van der Waals surface area contributed by atoms with Crippen LogP contribution in [0.4, 0.5) is 5.69 Å². The number of hydrogen-bond acceptors (Lipinski definition) is 4. The van der Waals surface area contributed by atoms with E-state index < -0.39 is 0 Å². The van der Waals surface area contributed by atoms with Crippen molar-refractivity contribution in [1.82, 2.24) is 15.0 Å². The maximum absolute atomic E-state index is 5.67. The highest BCUT2D eigenvalue weighted by Gasteiger charge is 2.02. The lowest BCUT2D eigenvalue weighted by molar-refractivity contribution is 1.17. The summed E-state index contributed by atoms with van der Waals surface area (Å²) < 4.78 is 0. The minimum Gasteiger partial charge on any atom is -0.399 e. The van der Waals surface area contributed by atoms with Gasteiger partial charge >= 0.3 is 0 Å². The molecule has 2 aromatic heterocycles. The molecule has 2 N–H and O–H groups in total. The van der Waals surface area contributed by atoms with E-state index in [1.54, 1.807) is 12.4 Å². The summed E-state index contributed by atoms with van der Waals surface area (Å²) in [7, 11) is 0. The van der Waals surface area contributed by atoms with Crippen LogP contribution in [0.3, 0.4) is 0 Å². The highest BCUT2D eigenvalue weighted by atomic mass is 14.9. The zero-order valence-corrected chi connectivity index (χ0v) is 10.2. The monoisotopic (exact) mass is 248 g/mol. The highest BCUT2D eigenvalue weighted by molar-refractivity contribution is 5.65. The van der Waals surface area contributed by atoms with Crippen molar-refractivity contribution in [2.45, 2.75) is 0 Å². The van der Waals surface area contributed by atoms with E-state index in [1.807, 2.05) is 48.8 Å². The van der Waals surface area contributed by atoms with Gasteiger partial charge in [-0.25, -0.2) is 9.97 Å². The van der Waals surface area contributed by atoms with Gasteiger partial charge in [0.2, 0.25) is 0 Å². The molecule has 0 radical (unpaired) electrons. The molecule has 0 aliphatic rings. The van der Waals surface area contributed by atoms with Gasteiger partial charge in [-0.3, -0.25) is 4.98 Å². The summed E-state index contributed by atoms with van der Waals surface area (Å²) >= 11 is 0. The van der Waals surface area contributed by atoms with Crippen molar-refractivity contribution in [3.8, 4) is 22.5 Å². The predicted octanol–water partition coefficient (Wildman–Crippen LogP) is 2.79. The Morgan fingerprint density at radius 3 is 1.95 bits per heavy atom. The number of nitrogen functional groups attached to an aromatic ring is 1. The van der Waals surface area contributed by atoms with E-state index in [-0.39, 0.29) is 0 Å². The molecule has 4 heteroatoms. The van der Waals surface area contributed by atoms with E-state index >= 15 is 0 Å². The molecule has 0 saturated carbocycles. The number of benzene rings is 1. The number of hydrogen-bond donors (Lipinski definition) is 1. The van der Waals surface area contributed by atoms with Crippen molar-refractivity contribution in [2.75, 3.05) is 5.73 Å². The second kappa shape index (κ2) is 4.86. The first kappa shape index (κ1) is 11.3. The minimum absolute atomic E-state index is 0.696. The van der Waals surface area contributed by atoms with Crippen LogP contribution in [0, 0.1) is 0 Å². The van der Waals surface area contributed by atoms with Gasteiger partial charge in [0.05, 0.1) is 0 Å². The number of aromatic nitrogens is 3. The van der Waals surface area contributed by atoms with E-state index in [4.69, 9.17) is 5.73 Å². The Labute approximate surface area is 111 Å². The minimum atomic E-state index is 0.696. The van der Waals surface area contributed by atoms with Crippen LogP contribution < -0.4 is 5.73 Å². The van der Waals surface area contributed by atoms with Crippen LogP contribution in [0.15, 0.2) is 61.2 Å². The van der Waals surface area contributed by atoms with E-state index in [2.05, 4.69) is 15.0 Å². The third-order valence-electron chi connectivity index (χ3n) is 2.83. The molecule has 3 rings (SSSR count). The van der Waals surface area contributed by atoms with Gasteiger partial charge in [0.25, 0.3) is 0 Å². The van der Waals surface area contributed by atoms with Crippen molar-refractivity contribution in [3.63, 3.8) is 0 Å². The van der Waals surface area contributed by atoms with Gasteiger partial charge in [-0.2, -0.15) is 0 Å². The highest BCUT2D eigenvalue weighted by Crippen LogP contribution is 2.20. The van der Waals surface area contributed by atoms with Crippen molar-refractivity contribution in [3.05, 3.63) is 61.2 Å². The SMILES string of the molecule is Nc1ccc(-c2cnc(-c3ccncc3)nc2)cc1.